The Kier molecular flexibility index (Phi) is 4.14. The number of aliphatic imine (C=N–C) groups is 1. The fourth-order valence-electron chi connectivity index (χ4n) is 3.90. The molecule has 3 heterocycles. The number of rotatable bonds is 3. The fourth-order valence-corrected chi connectivity index (χ4v) is 3.90. The Morgan fingerprint density at radius 2 is 1.82 bits per heavy atom. The largest absolute Gasteiger partial charge is 0.508 e. The maximum Gasteiger partial charge on any atom is 0.328 e. The summed E-state index contributed by atoms with van der Waals surface area (Å²) in [6.07, 6.45) is 3.04. The standard InChI is InChI=1S/C20H23N5O3/c1-5-6-11-23-18(27)16-17(22(4)20(23)28)21-19-24(12(2)13(3)25(16)19)14-7-9-15(26)10-8-14/h5-10,16-17,26H,11H2,1-4H3/b6-5+. The molecule has 28 heavy (non-hydrogen) atoms. The van der Waals surface area contributed by atoms with Crippen molar-refractivity contribution < 1.29 is 14.7 Å². The molecule has 0 bridgehead atoms. The van der Waals surface area contributed by atoms with Crippen molar-refractivity contribution in [2.75, 3.05) is 18.5 Å². The van der Waals surface area contributed by atoms with Gasteiger partial charge in [-0.3, -0.25) is 19.5 Å². The molecule has 0 spiro atoms. The summed E-state index contributed by atoms with van der Waals surface area (Å²) in [7, 11) is 1.68. The minimum atomic E-state index is -0.583. The van der Waals surface area contributed by atoms with Gasteiger partial charge in [0.2, 0.25) is 5.96 Å². The summed E-state index contributed by atoms with van der Waals surface area (Å²) < 4.78 is 0. The number of urea groups is 1. The van der Waals surface area contributed by atoms with E-state index in [1.165, 1.54) is 9.80 Å². The molecule has 3 aliphatic heterocycles. The normalized spacial score (nSPS) is 24.5. The molecule has 1 aromatic rings. The molecular formula is C20H23N5O3. The molecule has 0 aromatic heterocycles. The van der Waals surface area contributed by atoms with Crippen molar-refractivity contribution in [1.82, 2.24) is 14.7 Å². The van der Waals surface area contributed by atoms with E-state index in [0.29, 0.717) is 5.96 Å². The number of nitrogens with zero attached hydrogens (tertiary/aromatic N) is 5. The van der Waals surface area contributed by atoms with E-state index in [9.17, 15) is 14.7 Å². The lowest BCUT2D eigenvalue weighted by Crippen LogP contribution is -2.64. The predicted molar refractivity (Wildman–Crippen MR) is 105 cm³/mol. The highest BCUT2D eigenvalue weighted by molar-refractivity contribution is 6.10. The minimum absolute atomic E-state index is 0.181. The second-order valence-corrected chi connectivity index (χ2v) is 7.09. The van der Waals surface area contributed by atoms with E-state index in [1.54, 1.807) is 37.4 Å². The molecule has 3 aliphatic rings. The number of amides is 3. The van der Waals surface area contributed by atoms with E-state index < -0.39 is 12.2 Å². The number of aromatic hydroxyl groups is 1. The monoisotopic (exact) mass is 381 g/mol. The van der Waals surface area contributed by atoms with Crippen LogP contribution >= 0.6 is 0 Å². The third-order valence-corrected chi connectivity index (χ3v) is 5.52. The summed E-state index contributed by atoms with van der Waals surface area (Å²) in [6.45, 7) is 6.02. The number of benzene rings is 1. The molecule has 0 radical (unpaired) electrons. The SMILES string of the molecule is C/C=C/CN1C(=O)C2C(N=C3N(c4ccc(O)cc4)C(C)=C(C)N32)N(C)C1=O. The van der Waals surface area contributed by atoms with Gasteiger partial charge in [0.05, 0.1) is 0 Å². The molecule has 1 aromatic carbocycles. The van der Waals surface area contributed by atoms with Crippen molar-refractivity contribution in [3.05, 3.63) is 47.8 Å². The van der Waals surface area contributed by atoms with Crippen LogP contribution in [0.25, 0.3) is 0 Å². The van der Waals surface area contributed by atoms with E-state index in [0.717, 1.165) is 17.1 Å². The van der Waals surface area contributed by atoms with Crippen LogP contribution in [0.1, 0.15) is 20.8 Å². The fraction of sp³-hybridized carbons (Fsp3) is 0.350. The predicted octanol–water partition coefficient (Wildman–Crippen LogP) is 2.30. The Morgan fingerprint density at radius 1 is 1.14 bits per heavy atom. The number of hydrogen-bond acceptors (Lipinski definition) is 6. The number of carbonyl (C=O) groups excluding carboxylic acids is 2. The zero-order chi connectivity index (χ0) is 20.2. The number of likely N-dealkylation sites (N-methyl/N-ethyl adjacent to an activating group) is 1. The van der Waals surface area contributed by atoms with Crippen LogP contribution in [0.5, 0.6) is 5.75 Å². The number of phenols is 1. The van der Waals surface area contributed by atoms with E-state index in [-0.39, 0.29) is 24.2 Å². The summed E-state index contributed by atoms with van der Waals surface area (Å²) in [5, 5.41) is 9.60. The van der Waals surface area contributed by atoms with E-state index in [4.69, 9.17) is 4.99 Å². The Balaban J connectivity index is 1.75. The first-order chi connectivity index (χ1) is 13.4. The van der Waals surface area contributed by atoms with Gasteiger partial charge in [-0.2, -0.15) is 0 Å². The quantitative estimate of drug-likeness (QED) is 0.813. The first-order valence-electron chi connectivity index (χ1n) is 9.19. The summed E-state index contributed by atoms with van der Waals surface area (Å²) in [5.74, 6) is 0.557. The Labute approximate surface area is 163 Å². The van der Waals surface area contributed by atoms with Crippen molar-refractivity contribution in [2.45, 2.75) is 33.0 Å². The molecule has 1 N–H and O–H groups in total. The highest BCUT2D eigenvalue weighted by atomic mass is 16.3. The highest BCUT2D eigenvalue weighted by Crippen LogP contribution is 2.40. The second kappa shape index (κ2) is 6.40. The van der Waals surface area contributed by atoms with Crippen molar-refractivity contribution in [2.24, 2.45) is 4.99 Å². The van der Waals surface area contributed by atoms with Crippen LogP contribution < -0.4 is 4.90 Å². The van der Waals surface area contributed by atoms with Crippen LogP contribution in [0, 0.1) is 0 Å². The maximum absolute atomic E-state index is 13.2. The Bertz CT molecular complexity index is 934. The average Bonchev–Trinajstić information content (AvgIpc) is 3.17. The van der Waals surface area contributed by atoms with E-state index >= 15 is 0 Å². The van der Waals surface area contributed by atoms with Crippen LogP contribution in [-0.4, -0.2) is 63.5 Å². The lowest BCUT2D eigenvalue weighted by Gasteiger charge is -2.40. The number of allylic oxidation sites excluding steroid dienone is 3. The number of anilines is 1. The average molecular weight is 381 g/mol. The van der Waals surface area contributed by atoms with Gasteiger partial charge in [-0.1, -0.05) is 12.2 Å². The van der Waals surface area contributed by atoms with Gasteiger partial charge in [0.25, 0.3) is 5.91 Å². The zero-order valence-corrected chi connectivity index (χ0v) is 16.3. The van der Waals surface area contributed by atoms with Crippen molar-refractivity contribution in [3.63, 3.8) is 0 Å². The van der Waals surface area contributed by atoms with Crippen molar-refractivity contribution in [1.29, 1.82) is 0 Å². The van der Waals surface area contributed by atoms with Crippen LogP contribution in [0.3, 0.4) is 0 Å². The zero-order valence-electron chi connectivity index (χ0n) is 16.3. The molecule has 3 amide bonds. The molecule has 0 aliphatic carbocycles. The van der Waals surface area contributed by atoms with Crippen LogP contribution in [-0.2, 0) is 4.79 Å². The van der Waals surface area contributed by atoms with Crippen LogP contribution in [0.2, 0.25) is 0 Å². The van der Waals surface area contributed by atoms with Gasteiger partial charge < -0.3 is 10.0 Å². The Hall–Kier alpha value is -3.29. The van der Waals surface area contributed by atoms with Gasteiger partial charge in [0.1, 0.15) is 5.75 Å². The number of phenolic OH excluding ortho intramolecular Hbond substituents is 1. The topological polar surface area (TPSA) is 79.7 Å². The highest BCUT2D eigenvalue weighted by Gasteiger charge is 2.55. The maximum atomic E-state index is 13.2. The third kappa shape index (κ3) is 2.41. The number of fused-ring (bicyclic) bond motifs is 3. The number of guanidine groups is 1. The van der Waals surface area contributed by atoms with Crippen molar-refractivity contribution >= 4 is 23.6 Å². The number of carbonyl (C=O) groups is 2. The molecule has 2 atom stereocenters. The third-order valence-electron chi connectivity index (χ3n) is 5.52. The smallest absolute Gasteiger partial charge is 0.328 e. The first-order valence-corrected chi connectivity index (χ1v) is 9.19. The van der Waals surface area contributed by atoms with Crippen LogP contribution in [0.4, 0.5) is 10.5 Å². The molecule has 8 heteroatoms. The molecule has 1 fully saturated rings. The summed E-state index contributed by atoms with van der Waals surface area (Å²) in [6, 6.07) is 5.90. The van der Waals surface area contributed by atoms with Crippen molar-refractivity contribution in [3.8, 4) is 5.75 Å². The molecular weight excluding hydrogens is 358 g/mol. The van der Waals surface area contributed by atoms with Gasteiger partial charge in [-0.25, -0.2) is 9.79 Å². The molecule has 146 valence electrons. The molecule has 4 rings (SSSR count). The lowest BCUT2D eigenvalue weighted by molar-refractivity contribution is -0.136. The molecule has 1 saturated heterocycles. The molecule has 8 nitrogen and oxygen atoms in total. The van der Waals surface area contributed by atoms with Gasteiger partial charge in [-0.05, 0) is 45.0 Å². The number of imide groups is 1. The second-order valence-electron chi connectivity index (χ2n) is 7.09. The molecule has 0 saturated carbocycles. The van der Waals surface area contributed by atoms with E-state index in [2.05, 4.69) is 0 Å². The van der Waals surface area contributed by atoms with Gasteiger partial charge in [0, 0.05) is 30.7 Å². The summed E-state index contributed by atoms with van der Waals surface area (Å²) >= 11 is 0. The Morgan fingerprint density at radius 3 is 2.46 bits per heavy atom. The molecule has 2 unspecified atom stereocenters. The minimum Gasteiger partial charge on any atom is -0.508 e. The van der Waals surface area contributed by atoms with Gasteiger partial charge in [-0.15, -0.1) is 0 Å². The first kappa shape index (κ1) is 18.1. The lowest BCUT2D eigenvalue weighted by atomic mass is 10.1. The van der Waals surface area contributed by atoms with Crippen LogP contribution in [0.15, 0.2) is 52.8 Å². The summed E-state index contributed by atoms with van der Waals surface area (Å²) in [5.41, 5.74) is 2.71. The van der Waals surface area contributed by atoms with E-state index in [1.807, 2.05) is 36.6 Å². The van der Waals surface area contributed by atoms with Gasteiger partial charge in [0.15, 0.2) is 12.2 Å². The van der Waals surface area contributed by atoms with Gasteiger partial charge >= 0.3 is 6.03 Å². The number of hydrogen-bond donors (Lipinski definition) is 1. The summed E-state index contributed by atoms with van der Waals surface area (Å²) in [4.78, 5) is 37.3.